The van der Waals surface area contributed by atoms with Crippen LogP contribution in [0.15, 0.2) is 18.3 Å². The van der Waals surface area contributed by atoms with E-state index in [9.17, 15) is 13.2 Å². The maximum absolute atomic E-state index is 12.8. The number of piperidine rings is 1. The summed E-state index contributed by atoms with van der Waals surface area (Å²) in [5.41, 5.74) is 0.619. The first kappa shape index (κ1) is 17.2. The number of rotatable bonds is 4. The van der Waals surface area contributed by atoms with Crippen LogP contribution >= 0.6 is 0 Å². The monoisotopic (exact) mass is 351 g/mol. The predicted molar refractivity (Wildman–Crippen MR) is 93.9 cm³/mol. The zero-order valence-electron chi connectivity index (χ0n) is 14.1. The SMILES string of the molecule is CCC1CCCCN1C(=O)c1ccnc(NC2CCS(=O)(=O)C2)c1. The van der Waals surface area contributed by atoms with Crippen molar-refractivity contribution in [3.8, 4) is 0 Å². The molecule has 0 spiro atoms. The molecule has 24 heavy (non-hydrogen) atoms. The quantitative estimate of drug-likeness (QED) is 0.898. The van der Waals surface area contributed by atoms with Crippen molar-refractivity contribution in [2.45, 2.75) is 51.1 Å². The van der Waals surface area contributed by atoms with Crippen LogP contribution in [0.25, 0.3) is 0 Å². The molecule has 2 atom stereocenters. The minimum absolute atomic E-state index is 0.0473. The molecule has 2 saturated heterocycles. The number of pyridine rings is 1. The molecule has 1 aromatic rings. The molecule has 2 aliphatic rings. The van der Waals surface area contributed by atoms with Crippen molar-refractivity contribution in [2.75, 3.05) is 23.4 Å². The Balaban J connectivity index is 1.71. The fourth-order valence-corrected chi connectivity index (χ4v) is 5.29. The number of aromatic nitrogens is 1. The molecule has 132 valence electrons. The Morgan fingerprint density at radius 3 is 2.92 bits per heavy atom. The van der Waals surface area contributed by atoms with Crippen LogP contribution in [0, 0.1) is 0 Å². The van der Waals surface area contributed by atoms with Crippen LogP contribution in [-0.2, 0) is 9.84 Å². The van der Waals surface area contributed by atoms with Crippen LogP contribution in [0.5, 0.6) is 0 Å². The van der Waals surface area contributed by atoms with Crippen LogP contribution in [0.1, 0.15) is 49.4 Å². The zero-order chi connectivity index (χ0) is 17.2. The summed E-state index contributed by atoms with van der Waals surface area (Å²) >= 11 is 0. The van der Waals surface area contributed by atoms with E-state index in [1.165, 1.54) is 6.42 Å². The number of nitrogens with one attached hydrogen (secondary N) is 1. The van der Waals surface area contributed by atoms with Crippen LogP contribution < -0.4 is 5.32 Å². The lowest BCUT2D eigenvalue weighted by atomic mass is 9.99. The topological polar surface area (TPSA) is 79.4 Å². The number of anilines is 1. The van der Waals surface area contributed by atoms with Crippen molar-refractivity contribution in [1.82, 2.24) is 9.88 Å². The van der Waals surface area contributed by atoms with Crippen LogP contribution in [0.4, 0.5) is 5.82 Å². The molecular formula is C17H25N3O3S. The number of nitrogens with zero attached hydrogens (tertiary/aromatic N) is 2. The van der Waals surface area contributed by atoms with Gasteiger partial charge in [0.2, 0.25) is 0 Å². The Hall–Kier alpha value is -1.63. The van der Waals surface area contributed by atoms with Crippen molar-refractivity contribution in [3.63, 3.8) is 0 Å². The molecule has 0 aromatic carbocycles. The Bertz CT molecular complexity index is 705. The molecule has 6 nitrogen and oxygen atoms in total. The highest BCUT2D eigenvalue weighted by Crippen LogP contribution is 2.23. The number of carbonyl (C=O) groups excluding carboxylic acids is 1. The average Bonchev–Trinajstić information content (AvgIpc) is 2.93. The Morgan fingerprint density at radius 2 is 2.21 bits per heavy atom. The molecule has 1 aromatic heterocycles. The first-order valence-corrected chi connectivity index (χ1v) is 10.5. The smallest absolute Gasteiger partial charge is 0.254 e. The lowest BCUT2D eigenvalue weighted by molar-refractivity contribution is 0.0608. The molecule has 1 N–H and O–H groups in total. The summed E-state index contributed by atoms with van der Waals surface area (Å²) in [5.74, 6) is 0.977. The Kier molecular flexibility index (Phi) is 5.08. The second kappa shape index (κ2) is 7.09. The van der Waals surface area contributed by atoms with Gasteiger partial charge in [-0.3, -0.25) is 4.79 Å². The molecular weight excluding hydrogens is 326 g/mol. The molecule has 3 rings (SSSR count). The molecule has 7 heteroatoms. The van der Waals surface area contributed by atoms with Gasteiger partial charge in [0, 0.05) is 30.4 Å². The summed E-state index contributed by atoms with van der Waals surface area (Å²) in [7, 11) is -2.94. The minimum atomic E-state index is -2.94. The third-order valence-electron chi connectivity index (χ3n) is 4.95. The number of sulfone groups is 1. The maximum atomic E-state index is 12.8. The summed E-state index contributed by atoms with van der Waals surface area (Å²) in [6, 6.07) is 3.68. The lowest BCUT2D eigenvalue weighted by Gasteiger charge is -2.35. The average molecular weight is 351 g/mol. The van der Waals surface area contributed by atoms with Crippen molar-refractivity contribution in [2.24, 2.45) is 0 Å². The fraction of sp³-hybridized carbons (Fsp3) is 0.647. The van der Waals surface area contributed by atoms with Crippen LogP contribution in [-0.4, -0.2) is 54.3 Å². The second-order valence-electron chi connectivity index (χ2n) is 6.73. The van der Waals surface area contributed by atoms with Gasteiger partial charge < -0.3 is 10.2 Å². The van der Waals surface area contributed by atoms with Gasteiger partial charge in [-0.25, -0.2) is 13.4 Å². The van der Waals surface area contributed by atoms with Gasteiger partial charge in [-0.15, -0.1) is 0 Å². The Labute approximate surface area is 143 Å². The number of hydrogen-bond donors (Lipinski definition) is 1. The van der Waals surface area contributed by atoms with Crippen molar-refractivity contribution in [1.29, 1.82) is 0 Å². The third-order valence-corrected chi connectivity index (χ3v) is 6.72. The van der Waals surface area contributed by atoms with Gasteiger partial charge in [0.25, 0.3) is 5.91 Å². The van der Waals surface area contributed by atoms with E-state index in [0.29, 0.717) is 23.8 Å². The normalized spacial score (nSPS) is 26.3. The second-order valence-corrected chi connectivity index (χ2v) is 8.96. The van der Waals surface area contributed by atoms with Crippen LogP contribution in [0.2, 0.25) is 0 Å². The molecule has 0 radical (unpaired) electrons. The molecule has 0 bridgehead atoms. The first-order valence-electron chi connectivity index (χ1n) is 8.72. The summed E-state index contributed by atoms with van der Waals surface area (Å²) in [6.45, 7) is 2.93. The van der Waals surface area contributed by atoms with E-state index in [0.717, 1.165) is 25.8 Å². The first-order chi connectivity index (χ1) is 11.5. The van der Waals surface area contributed by atoms with Crippen molar-refractivity contribution < 1.29 is 13.2 Å². The Morgan fingerprint density at radius 1 is 1.38 bits per heavy atom. The highest BCUT2D eigenvalue weighted by molar-refractivity contribution is 7.91. The zero-order valence-corrected chi connectivity index (χ0v) is 14.9. The van der Waals surface area contributed by atoms with Crippen molar-refractivity contribution in [3.05, 3.63) is 23.9 Å². The summed E-state index contributed by atoms with van der Waals surface area (Å²) in [5, 5.41) is 3.16. The molecule has 2 unspecified atom stereocenters. The van der Waals surface area contributed by atoms with E-state index in [1.54, 1.807) is 18.3 Å². The van der Waals surface area contributed by atoms with Crippen molar-refractivity contribution >= 4 is 21.6 Å². The highest BCUT2D eigenvalue weighted by Gasteiger charge is 2.29. The minimum Gasteiger partial charge on any atom is -0.366 e. The third kappa shape index (κ3) is 3.88. The molecule has 0 saturated carbocycles. The predicted octanol–water partition coefficient (Wildman–Crippen LogP) is 2.09. The molecule has 2 aliphatic heterocycles. The fourth-order valence-electron chi connectivity index (χ4n) is 3.62. The van der Waals surface area contributed by atoms with Gasteiger partial charge in [0.05, 0.1) is 11.5 Å². The van der Waals surface area contributed by atoms with Gasteiger partial charge in [0.1, 0.15) is 5.82 Å². The summed E-state index contributed by atoms with van der Waals surface area (Å²) < 4.78 is 23.1. The largest absolute Gasteiger partial charge is 0.366 e. The van der Waals surface area contributed by atoms with E-state index in [-0.39, 0.29) is 23.5 Å². The van der Waals surface area contributed by atoms with E-state index in [1.807, 2.05) is 4.90 Å². The van der Waals surface area contributed by atoms with Gasteiger partial charge in [-0.1, -0.05) is 6.92 Å². The van der Waals surface area contributed by atoms with E-state index in [4.69, 9.17) is 0 Å². The van der Waals surface area contributed by atoms with Gasteiger partial charge >= 0.3 is 0 Å². The van der Waals surface area contributed by atoms with Gasteiger partial charge in [0.15, 0.2) is 9.84 Å². The summed E-state index contributed by atoms with van der Waals surface area (Å²) in [6.07, 6.45) is 6.48. The molecule has 3 heterocycles. The molecule has 2 fully saturated rings. The number of hydrogen-bond acceptors (Lipinski definition) is 5. The number of amides is 1. The maximum Gasteiger partial charge on any atom is 0.254 e. The number of likely N-dealkylation sites (tertiary alicyclic amines) is 1. The molecule has 1 amide bonds. The number of carbonyl (C=O) groups is 1. The van der Waals surface area contributed by atoms with E-state index in [2.05, 4.69) is 17.2 Å². The van der Waals surface area contributed by atoms with Gasteiger partial charge in [-0.2, -0.15) is 0 Å². The van der Waals surface area contributed by atoms with Gasteiger partial charge in [-0.05, 0) is 44.2 Å². The highest BCUT2D eigenvalue weighted by atomic mass is 32.2. The van der Waals surface area contributed by atoms with E-state index < -0.39 is 9.84 Å². The van der Waals surface area contributed by atoms with Crippen LogP contribution in [0.3, 0.4) is 0 Å². The summed E-state index contributed by atoms with van der Waals surface area (Å²) in [4.78, 5) is 19.1. The van der Waals surface area contributed by atoms with E-state index >= 15 is 0 Å². The standard InChI is InChI=1S/C17H25N3O3S/c1-2-15-5-3-4-9-20(15)17(21)13-6-8-18-16(11-13)19-14-7-10-24(22,23)12-14/h6,8,11,14-15H,2-5,7,9-10,12H2,1H3,(H,18,19). The lowest BCUT2D eigenvalue weighted by Crippen LogP contribution is -2.43. The molecule has 0 aliphatic carbocycles.